The number of halogens is 2. The van der Waals surface area contributed by atoms with E-state index in [-0.39, 0.29) is 5.82 Å². The summed E-state index contributed by atoms with van der Waals surface area (Å²) >= 11 is 3.09. The number of nitrogens with one attached hydrogen (secondary N) is 1. The molecule has 0 aliphatic heterocycles. The van der Waals surface area contributed by atoms with Crippen LogP contribution in [0.15, 0.2) is 18.2 Å². The van der Waals surface area contributed by atoms with Crippen molar-refractivity contribution >= 4 is 50.7 Å². The minimum absolute atomic E-state index is 0.299. The fraction of sp³-hybridized carbons (Fsp3) is 0.167. The molecule has 0 fully saturated rings. The van der Waals surface area contributed by atoms with Crippen LogP contribution in [0.25, 0.3) is 0 Å². The summed E-state index contributed by atoms with van der Waals surface area (Å²) in [5.41, 5.74) is 1.21. The van der Waals surface area contributed by atoms with E-state index in [0.29, 0.717) is 25.0 Å². The molecule has 4 nitrogen and oxygen atoms in total. The lowest BCUT2D eigenvalue weighted by Gasteiger charge is -2.05. The molecule has 1 heterocycles. The van der Waals surface area contributed by atoms with Crippen LogP contribution >= 0.6 is 33.9 Å². The van der Waals surface area contributed by atoms with E-state index in [1.54, 1.807) is 19.1 Å². The maximum Gasteiger partial charge on any atom is 0.350 e. The molecule has 1 aromatic carbocycles. The normalized spacial score (nSPS) is 10.3. The van der Waals surface area contributed by atoms with E-state index >= 15 is 0 Å². The third-order valence-corrected chi connectivity index (χ3v) is 4.51. The number of carbonyl (C=O) groups excluding carboxylic acids is 1. The van der Waals surface area contributed by atoms with Gasteiger partial charge in [0.15, 0.2) is 5.13 Å². The summed E-state index contributed by atoms with van der Waals surface area (Å²) in [7, 11) is 1.32. The number of hydrogen-bond acceptors (Lipinski definition) is 5. The number of methoxy groups -OCH3 is 1. The van der Waals surface area contributed by atoms with Crippen LogP contribution in [0.1, 0.15) is 15.4 Å². The highest BCUT2D eigenvalue weighted by Gasteiger charge is 2.16. The van der Waals surface area contributed by atoms with Gasteiger partial charge < -0.3 is 10.1 Å². The Morgan fingerprint density at radius 2 is 2.26 bits per heavy atom. The fourth-order valence-corrected chi connectivity index (χ4v) is 2.84. The Morgan fingerprint density at radius 3 is 2.95 bits per heavy atom. The molecule has 100 valence electrons. The third kappa shape index (κ3) is 3.03. The van der Waals surface area contributed by atoms with Gasteiger partial charge >= 0.3 is 5.97 Å². The van der Waals surface area contributed by atoms with Crippen molar-refractivity contribution in [2.75, 3.05) is 12.4 Å². The number of aromatic nitrogens is 1. The van der Waals surface area contributed by atoms with Gasteiger partial charge in [0.05, 0.1) is 22.1 Å². The molecule has 0 saturated heterocycles. The van der Waals surface area contributed by atoms with Gasteiger partial charge in [0.25, 0.3) is 0 Å². The van der Waals surface area contributed by atoms with Gasteiger partial charge in [0.1, 0.15) is 10.7 Å². The standard InChI is InChI=1S/C12H10FIN2O2S/c1-6-10(11(17)18-2)19-12(15-6)16-8-5-3-4-7(13)9(8)14/h3-5H,1-2H3,(H,15,16). The summed E-state index contributed by atoms with van der Waals surface area (Å²) in [6.45, 7) is 1.73. The molecule has 0 radical (unpaired) electrons. The molecule has 1 N–H and O–H groups in total. The number of aryl methyl sites for hydroxylation is 1. The van der Waals surface area contributed by atoms with Crippen LogP contribution in [0.2, 0.25) is 0 Å². The SMILES string of the molecule is COC(=O)c1sc(Nc2cccc(F)c2I)nc1C. The van der Waals surface area contributed by atoms with Crippen LogP contribution in [-0.2, 0) is 4.74 Å². The van der Waals surface area contributed by atoms with Gasteiger partial charge in [-0.1, -0.05) is 17.4 Å². The molecule has 0 atom stereocenters. The zero-order valence-corrected chi connectivity index (χ0v) is 13.1. The number of hydrogen-bond donors (Lipinski definition) is 1. The van der Waals surface area contributed by atoms with E-state index < -0.39 is 5.97 Å². The molecule has 7 heteroatoms. The number of carbonyl (C=O) groups is 1. The monoisotopic (exact) mass is 392 g/mol. The van der Waals surface area contributed by atoms with Gasteiger partial charge in [0.2, 0.25) is 0 Å². The van der Waals surface area contributed by atoms with Crippen molar-refractivity contribution in [3.05, 3.63) is 38.2 Å². The summed E-state index contributed by atoms with van der Waals surface area (Å²) in [6.07, 6.45) is 0. The summed E-state index contributed by atoms with van der Waals surface area (Å²) in [5.74, 6) is -0.718. The van der Waals surface area contributed by atoms with E-state index in [2.05, 4.69) is 15.0 Å². The second-order valence-electron chi connectivity index (χ2n) is 3.65. The second kappa shape index (κ2) is 5.83. The Balaban J connectivity index is 2.29. The van der Waals surface area contributed by atoms with Crippen molar-refractivity contribution in [1.29, 1.82) is 0 Å². The van der Waals surface area contributed by atoms with Gasteiger partial charge in [-0.25, -0.2) is 14.2 Å². The van der Waals surface area contributed by atoms with Crippen LogP contribution in [0.5, 0.6) is 0 Å². The Kier molecular flexibility index (Phi) is 4.35. The lowest BCUT2D eigenvalue weighted by molar-refractivity contribution is 0.0605. The van der Waals surface area contributed by atoms with Crippen molar-refractivity contribution in [3.63, 3.8) is 0 Å². The predicted octanol–water partition coefficient (Wildman–Crippen LogP) is 3.73. The molecule has 1 aromatic heterocycles. The molecule has 0 aliphatic carbocycles. The van der Waals surface area contributed by atoms with Gasteiger partial charge in [-0.2, -0.15) is 0 Å². The van der Waals surface area contributed by atoms with Crippen molar-refractivity contribution in [1.82, 2.24) is 4.98 Å². The van der Waals surface area contributed by atoms with Crippen molar-refractivity contribution < 1.29 is 13.9 Å². The number of rotatable bonds is 3. The molecule has 0 unspecified atom stereocenters. The lowest BCUT2D eigenvalue weighted by Crippen LogP contribution is -1.99. The number of thiazole rings is 1. The summed E-state index contributed by atoms with van der Waals surface area (Å²) in [6, 6.07) is 4.75. The molecule has 0 bridgehead atoms. The summed E-state index contributed by atoms with van der Waals surface area (Å²) < 4.78 is 18.6. The van der Waals surface area contributed by atoms with Crippen LogP contribution in [0.3, 0.4) is 0 Å². The Morgan fingerprint density at radius 1 is 1.53 bits per heavy atom. The van der Waals surface area contributed by atoms with Crippen LogP contribution < -0.4 is 5.32 Å². The molecule has 19 heavy (non-hydrogen) atoms. The minimum Gasteiger partial charge on any atom is -0.465 e. The molecular formula is C12H10FIN2O2S. The van der Waals surface area contributed by atoms with E-state index in [9.17, 15) is 9.18 Å². The number of benzene rings is 1. The zero-order chi connectivity index (χ0) is 14.0. The number of nitrogens with zero attached hydrogens (tertiary/aromatic N) is 1. The maximum absolute atomic E-state index is 13.4. The Bertz CT molecular complexity index is 630. The van der Waals surface area contributed by atoms with Crippen molar-refractivity contribution in [3.8, 4) is 0 Å². The maximum atomic E-state index is 13.4. The molecule has 2 rings (SSSR count). The molecule has 0 amide bonds. The average molecular weight is 392 g/mol. The van der Waals surface area contributed by atoms with Crippen molar-refractivity contribution in [2.24, 2.45) is 0 Å². The number of anilines is 2. The first-order valence-corrected chi connectivity index (χ1v) is 7.19. The van der Waals surface area contributed by atoms with E-state index in [4.69, 9.17) is 0 Å². The highest BCUT2D eigenvalue weighted by molar-refractivity contribution is 14.1. The first-order valence-electron chi connectivity index (χ1n) is 5.29. The van der Waals surface area contributed by atoms with Gasteiger partial charge in [0, 0.05) is 0 Å². The van der Waals surface area contributed by atoms with Crippen molar-refractivity contribution in [2.45, 2.75) is 6.92 Å². The largest absolute Gasteiger partial charge is 0.465 e. The molecule has 0 spiro atoms. The van der Waals surface area contributed by atoms with Gasteiger partial charge in [-0.3, -0.25) is 0 Å². The van der Waals surface area contributed by atoms with Gasteiger partial charge in [-0.05, 0) is 41.6 Å². The average Bonchev–Trinajstić information content (AvgIpc) is 2.75. The molecule has 0 aliphatic rings. The van der Waals surface area contributed by atoms with Crippen LogP contribution in [0.4, 0.5) is 15.2 Å². The number of esters is 1. The van der Waals surface area contributed by atoms with E-state index in [1.165, 1.54) is 24.5 Å². The molecular weight excluding hydrogens is 382 g/mol. The fourth-order valence-electron chi connectivity index (χ4n) is 1.45. The molecule has 0 saturated carbocycles. The topological polar surface area (TPSA) is 51.2 Å². The third-order valence-electron chi connectivity index (χ3n) is 2.36. The smallest absolute Gasteiger partial charge is 0.350 e. The summed E-state index contributed by atoms with van der Waals surface area (Å²) in [5, 5.41) is 3.53. The molecule has 2 aromatic rings. The van der Waals surface area contributed by atoms with E-state index in [0.717, 1.165) is 0 Å². The van der Waals surface area contributed by atoms with Crippen LogP contribution in [-0.4, -0.2) is 18.1 Å². The highest BCUT2D eigenvalue weighted by Crippen LogP contribution is 2.29. The zero-order valence-electron chi connectivity index (χ0n) is 10.2. The Hall–Kier alpha value is -1.22. The Labute approximate surface area is 127 Å². The summed E-state index contributed by atoms with van der Waals surface area (Å²) in [4.78, 5) is 16.1. The predicted molar refractivity (Wildman–Crippen MR) is 80.6 cm³/mol. The first kappa shape index (κ1) is 14.2. The quantitative estimate of drug-likeness (QED) is 0.639. The van der Waals surface area contributed by atoms with E-state index in [1.807, 2.05) is 22.6 Å². The lowest BCUT2D eigenvalue weighted by atomic mass is 10.3. The highest BCUT2D eigenvalue weighted by atomic mass is 127. The first-order chi connectivity index (χ1) is 9.02. The second-order valence-corrected chi connectivity index (χ2v) is 5.73. The minimum atomic E-state index is -0.419. The number of ether oxygens (including phenoxy) is 1. The van der Waals surface area contributed by atoms with Crippen LogP contribution in [0, 0.1) is 16.3 Å². The van der Waals surface area contributed by atoms with Gasteiger partial charge in [-0.15, -0.1) is 0 Å².